The van der Waals surface area contributed by atoms with E-state index in [-0.39, 0.29) is 24.6 Å². The van der Waals surface area contributed by atoms with Crippen molar-refractivity contribution in [3.8, 4) is 0 Å². The van der Waals surface area contributed by atoms with Crippen LogP contribution in [0.3, 0.4) is 0 Å². The Bertz CT molecular complexity index is 1010. The summed E-state index contributed by atoms with van der Waals surface area (Å²) in [5.41, 5.74) is 2.39. The molecule has 1 N–H and O–H groups in total. The Morgan fingerprint density at radius 3 is 2.64 bits per heavy atom. The van der Waals surface area contributed by atoms with E-state index in [1.54, 1.807) is 30.9 Å². The van der Waals surface area contributed by atoms with Crippen LogP contribution in [-0.2, 0) is 17.9 Å². The van der Waals surface area contributed by atoms with Crippen LogP contribution in [0.4, 0.5) is 11.4 Å². The lowest BCUT2D eigenvalue weighted by atomic mass is 10.2. The summed E-state index contributed by atoms with van der Waals surface area (Å²) < 4.78 is 3.19. The number of aryl methyl sites for hydroxylation is 2. The van der Waals surface area contributed by atoms with Crippen molar-refractivity contribution >= 4 is 28.9 Å². The SMILES string of the molecule is Cc1nn(CCC(=O)Nc2cnn(Cc3ccc(Cl)cc3)c2)c(C)c1[N+](=O)[O-]. The molecule has 0 aliphatic carbocycles. The first kappa shape index (κ1) is 19.6. The van der Waals surface area contributed by atoms with E-state index in [0.717, 1.165) is 5.56 Å². The number of nitrogens with zero attached hydrogens (tertiary/aromatic N) is 5. The highest BCUT2D eigenvalue weighted by Crippen LogP contribution is 2.22. The van der Waals surface area contributed by atoms with Gasteiger partial charge in [0.1, 0.15) is 11.4 Å². The average molecular weight is 403 g/mol. The Morgan fingerprint density at radius 2 is 2.00 bits per heavy atom. The molecule has 0 atom stereocenters. The summed E-state index contributed by atoms with van der Waals surface area (Å²) in [5, 5.41) is 22.9. The van der Waals surface area contributed by atoms with Crippen molar-refractivity contribution < 1.29 is 9.72 Å². The molecule has 0 aliphatic heterocycles. The summed E-state index contributed by atoms with van der Waals surface area (Å²) in [4.78, 5) is 22.8. The molecule has 0 bridgehead atoms. The molecule has 0 radical (unpaired) electrons. The Morgan fingerprint density at radius 1 is 1.29 bits per heavy atom. The number of benzene rings is 1. The molecule has 3 rings (SSSR count). The molecule has 2 aromatic heterocycles. The molecule has 0 aliphatic rings. The molecule has 2 heterocycles. The van der Waals surface area contributed by atoms with Crippen LogP contribution in [0.5, 0.6) is 0 Å². The van der Waals surface area contributed by atoms with Crippen LogP contribution in [0.15, 0.2) is 36.7 Å². The molecule has 9 nitrogen and oxygen atoms in total. The van der Waals surface area contributed by atoms with Gasteiger partial charge in [-0.25, -0.2) is 0 Å². The van der Waals surface area contributed by atoms with Gasteiger partial charge in [-0.15, -0.1) is 0 Å². The van der Waals surface area contributed by atoms with E-state index in [9.17, 15) is 14.9 Å². The van der Waals surface area contributed by atoms with E-state index >= 15 is 0 Å². The lowest BCUT2D eigenvalue weighted by Gasteiger charge is -2.05. The molecular weight excluding hydrogens is 384 g/mol. The Hall–Kier alpha value is -3.20. The topological polar surface area (TPSA) is 108 Å². The molecule has 0 unspecified atom stereocenters. The molecule has 0 fully saturated rings. The quantitative estimate of drug-likeness (QED) is 0.481. The molecule has 3 aromatic rings. The van der Waals surface area contributed by atoms with Crippen molar-refractivity contribution in [1.82, 2.24) is 19.6 Å². The standard InChI is InChI=1S/C18H19ClN6O3/c1-12-18(25(27)28)13(2)24(22-12)8-7-17(26)21-16-9-20-23(11-16)10-14-3-5-15(19)6-4-14/h3-6,9,11H,7-8,10H2,1-2H3,(H,21,26). The maximum absolute atomic E-state index is 12.2. The molecule has 10 heteroatoms. The first-order valence-corrected chi connectivity index (χ1v) is 8.96. The number of nitro groups is 1. The lowest BCUT2D eigenvalue weighted by molar-refractivity contribution is -0.386. The fourth-order valence-electron chi connectivity index (χ4n) is 2.89. The number of hydrogen-bond donors (Lipinski definition) is 1. The second-order valence-electron chi connectivity index (χ2n) is 6.35. The number of hydrogen-bond acceptors (Lipinski definition) is 5. The first-order valence-electron chi connectivity index (χ1n) is 8.58. The third kappa shape index (κ3) is 4.55. The fraction of sp³-hybridized carbons (Fsp3) is 0.278. The monoisotopic (exact) mass is 402 g/mol. The van der Waals surface area contributed by atoms with Gasteiger partial charge in [0.05, 0.1) is 29.9 Å². The van der Waals surface area contributed by atoms with Crippen molar-refractivity contribution in [2.45, 2.75) is 33.4 Å². The Kier molecular flexibility index (Phi) is 5.74. The molecular formula is C18H19ClN6O3. The van der Waals surface area contributed by atoms with E-state index in [1.165, 1.54) is 4.68 Å². The minimum Gasteiger partial charge on any atom is -0.323 e. The molecule has 1 amide bonds. The molecule has 0 saturated carbocycles. The van der Waals surface area contributed by atoms with Crippen molar-refractivity contribution in [2.24, 2.45) is 0 Å². The number of carbonyl (C=O) groups is 1. The third-order valence-electron chi connectivity index (χ3n) is 4.25. The summed E-state index contributed by atoms with van der Waals surface area (Å²) in [6, 6.07) is 7.45. The van der Waals surface area contributed by atoms with Gasteiger partial charge in [0, 0.05) is 17.6 Å². The Balaban J connectivity index is 1.56. The van der Waals surface area contributed by atoms with Crippen LogP contribution in [0.25, 0.3) is 0 Å². The van der Waals surface area contributed by atoms with Gasteiger partial charge in [-0.05, 0) is 31.5 Å². The van der Waals surface area contributed by atoms with Crippen LogP contribution < -0.4 is 5.32 Å². The summed E-state index contributed by atoms with van der Waals surface area (Å²) in [5.74, 6) is -0.221. The summed E-state index contributed by atoms with van der Waals surface area (Å²) in [6.45, 7) is 4.02. The number of aromatic nitrogens is 4. The van der Waals surface area contributed by atoms with Crippen molar-refractivity contribution in [3.63, 3.8) is 0 Å². The van der Waals surface area contributed by atoms with Gasteiger partial charge in [-0.2, -0.15) is 10.2 Å². The van der Waals surface area contributed by atoms with E-state index in [1.807, 2.05) is 24.3 Å². The van der Waals surface area contributed by atoms with Gasteiger partial charge < -0.3 is 5.32 Å². The molecule has 28 heavy (non-hydrogen) atoms. The van der Waals surface area contributed by atoms with E-state index in [4.69, 9.17) is 11.6 Å². The molecule has 1 aromatic carbocycles. The predicted molar refractivity (Wildman–Crippen MR) is 104 cm³/mol. The number of nitrogens with one attached hydrogen (secondary N) is 1. The van der Waals surface area contributed by atoms with Crippen molar-refractivity contribution in [2.75, 3.05) is 5.32 Å². The van der Waals surface area contributed by atoms with E-state index in [0.29, 0.717) is 28.6 Å². The smallest absolute Gasteiger partial charge is 0.312 e. The number of anilines is 1. The zero-order valence-electron chi connectivity index (χ0n) is 15.4. The highest BCUT2D eigenvalue weighted by Gasteiger charge is 2.21. The number of amides is 1. The Labute approximate surface area is 166 Å². The second-order valence-corrected chi connectivity index (χ2v) is 6.79. The molecule has 0 spiro atoms. The first-order chi connectivity index (χ1) is 13.3. The summed E-state index contributed by atoms with van der Waals surface area (Å²) in [6.07, 6.45) is 3.45. The van der Waals surface area contributed by atoms with Crippen LogP contribution in [0, 0.1) is 24.0 Å². The fourth-order valence-corrected chi connectivity index (χ4v) is 3.02. The third-order valence-corrected chi connectivity index (χ3v) is 4.50. The second kappa shape index (κ2) is 8.22. The van der Waals surface area contributed by atoms with Crippen molar-refractivity contribution in [3.05, 3.63) is 68.7 Å². The lowest BCUT2D eigenvalue weighted by Crippen LogP contribution is -2.15. The highest BCUT2D eigenvalue weighted by molar-refractivity contribution is 6.30. The maximum Gasteiger partial charge on any atom is 0.312 e. The summed E-state index contributed by atoms with van der Waals surface area (Å²) in [7, 11) is 0. The van der Waals surface area contributed by atoms with Gasteiger partial charge >= 0.3 is 5.69 Å². The van der Waals surface area contributed by atoms with Gasteiger partial charge in [0.25, 0.3) is 0 Å². The minimum atomic E-state index is -0.455. The van der Waals surface area contributed by atoms with Crippen LogP contribution in [-0.4, -0.2) is 30.4 Å². The van der Waals surface area contributed by atoms with Gasteiger partial charge in [0.2, 0.25) is 5.91 Å². The van der Waals surface area contributed by atoms with E-state index in [2.05, 4.69) is 15.5 Å². The molecule has 146 valence electrons. The molecule has 0 saturated heterocycles. The summed E-state index contributed by atoms with van der Waals surface area (Å²) >= 11 is 5.88. The number of rotatable bonds is 7. The van der Waals surface area contributed by atoms with Gasteiger partial charge in [-0.1, -0.05) is 23.7 Å². The minimum absolute atomic E-state index is 0.0103. The zero-order chi connectivity index (χ0) is 20.3. The zero-order valence-corrected chi connectivity index (χ0v) is 16.2. The van der Waals surface area contributed by atoms with Crippen LogP contribution in [0.2, 0.25) is 5.02 Å². The van der Waals surface area contributed by atoms with Crippen molar-refractivity contribution in [1.29, 1.82) is 0 Å². The largest absolute Gasteiger partial charge is 0.323 e. The number of carbonyl (C=O) groups excluding carboxylic acids is 1. The maximum atomic E-state index is 12.2. The highest BCUT2D eigenvalue weighted by atomic mass is 35.5. The normalized spacial score (nSPS) is 10.8. The van der Waals surface area contributed by atoms with E-state index < -0.39 is 4.92 Å². The number of halogens is 1. The van der Waals surface area contributed by atoms with Gasteiger partial charge in [-0.3, -0.25) is 24.3 Å². The average Bonchev–Trinajstić information content (AvgIpc) is 3.18. The van der Waals surface area contributed by atoms with Gasteiger partial charge in [0.15, 0.2) is 0 Å². The predicted octanol–water partition coefficient (Wildman–Crippen LogP) is 3.34. The van der Waals surface area contributed by atoms with Crippen LogP contribution >= 0.6 is 11.6 Å². The van der Waals surface area contributed by atoms with Crippen LogP contribution in [0.1, 0.15) is 23.4 Å².